The van der Waals surface area contributed by atoms with Gasteiger partial charge in [0.2, 0.25) is 0 Å². The molecule has 0 amide bonds. The third-order valence-corrected chi connectivity index (χ3v) is 1.97. The van der Waals surface area contributed by atoms with Gasteiger partial charge in [-0.15, -0.1) is 0 Å². The van der Waals surface area contributed by atoms with E-state index >= 15 is 0 Å². The molecule has 0 spiro atoms. The van der Waals surface area contributed by atoms with Gasteiger partial charge in [0, 0.05) is 12.2 Å². The zero-order chi connectivity index (χ0) is 9.84. The second kappa shape index (κ2) is 4.13. The van der Waals surface area contributed by atoms with E-state index in [0.717, 1.165) is 12.1 Å². The lowest BCUT2D eigenvalue weighted by atomic mass is 10.1. The van der Waals surface area contributed by atoms with Crippen molar-refractivity contribution in [2.45, 2.75) is 20.8 Å². The van der Waals surface area contributed by atoms with Crippen LogP contribution >= 0.6 is 0 Å². The molecule has 0 saturated heterocycles. The first-order valence-electron chi connectivity index (χ1n) is 4.55. The van der Waals surface area contributed by atoms with Crippen molar-refractivity contribution in [2.24, 2.45) is 0 Å². The SMILES string of the molecule is C=C(C)CNc1cc(C)ccc1C. The average Bonchev–Trinajstić information content (AvgIpc) is 2.06. The molecule has 0 fully saturated rings. The van der Waals surface area contributed by atoms with Crippen LogP contribution in [0.2, 0.25) is 0 Å². The molecule has 1 N–H and O–H groups in total. The summed E-state index contributed by atoms with van der Waals surface area (Å²) in [4.78, 5) is 0. The van der Waals surface area contributed by atoms with Crippen LogP contribution in [0.4, 0.5) is 5.69 Å². The summed E-state index contributed by atoms with van der Waals surface area (Å²) >= 11 is 0. The van der Waals surface area contributed by atoms with E-state index in [1.54, 1.807) is 0 Å². The maximum atomic E-state index is 3.86. The van der Waals surface area contributed by atoms with E-state index in [0.29, 0.717) is 0 Å². The molecule has 0 saturated carbocycles. The standard InChI is InChI=1S/C12H17N/c1-9(2)8-13-12-7-10(3)5-6-11(12)4/h5-7,13H,1,8H2,2-4H3. The second-order valence-electron chi connectivity index (χ2n) is 3.63. The molecule has 0 radical (unpaired) electrons. The molecule has 1 heteroatoms. The predicted octanol–water partition coefficient (Wildman–Crippen LogP) is 3.29. The maximum Gasteiger partial charge on any atom is 0.0375 e. The highest BCUT2D eigenvalue weighted by Gasteiger charge is 1.96. The molecule has 1 rings (SSSR count). The molecule has 70 valence electrons. The molecule has 0 atom stereocenters. The molecule has 1 nitrogen and oxygen atoms in total. The molecule has 0 bridgehead atoms. The van der Waals surface area contributed by atoms with E-state index < -0.39 is 0 Å². The monoisotopic (exact) mass is 175 g/mol. The summed E-state index contributed by atoms with van der Waals surface area (Å²) in [6.07, 6.45) is 0. The topological polar surface area (TPSA) is 12.0 Å². The highest BCUT2D eigenvalue weighted by molar-refractivity contribution is 5.53. The van der Waals surface area contributed by atoms with Gasteiger partial charge in [-0.3, -0.25) is 0 Å². The fraction of sp³-hybridized carbons (Fsp3) is 0.333. The van der Waals surface area contributed by atoms with Crippen LogP contribution in [0.3, 0.4) is 0 Å². The zero-order valence-electron chi connectivity index (χ0n) is 8.65. The number of anilines is 1. The molecule has 0 unspecified atom stereocenters. The lowest BCUT2D eigenvalue weighted by Gasteiger charge is -2.09. The Hall–Kier alpha value is -1.24. The largest absolute Gasteiger partial charge is 0.381 e. The Morgan fingerprint density at radius 3 is 2.69 bits per heavy atom. The average molecular weight is 175 g/mol. The van der Waals surface area contributed by atoms with Crippen molar-refractivity contribution in [1.29, 1.82) is 0 Å². The molecule has 0 heterocycles. The van der Waals surface area contributed by atoms with Gasteiger partial charge >= 0.3 is 0 Å². The molecule has 1 aromatic rings. The first-order chi connectivity index (χ1) is 6.09. The third kappa shape index (κ3) is 2.94. The Labute approximate surface area is 80.5 Å². The molecule has 1 aromatic carbocycles. The Bertz CT molecular complexity index is 313. The Morgan fingerprint density at radius 2 is 2.08 bits per heavy atom. The number of aryl methyl sites for hydroxylation is 2. The smallest absolute Gasteiger partial charge is 0.0375 e. The Balaban J connectivity index is 2.75. The van der Waals surface area contributed by atoms with Gasteiger partial charge in [0.25, 0.3) is 0 Å². The molecule has 0 aromatic heterocycles. The fourth-order valence-corrected chi connectivity index (χ4v) is 1.17. The summed E-state index contributed by atoms with van der Waals surface area (Å²) in [5, 5.41) is 3.35. The molecule has 0 aliphatic rings. The Morgan fingerprint density at radius 1 is 1.38 bits per heavy atom. The Kier molecular flexibility index (Phi) is 3.13. The minimum Gasteiger partial charge on any atom is -0.381 e. The molecular formula is C12H17N. The summed E-state index contributed by atoms with van der Waals surface area (Å²) in [7, 11) is 0. The van der Waals surface area contributed by atoms with Crippen LogP contribution in [0.1, 0.15) is 18.1 Å². The third-order valence-electron chi connectivity index (χ3n) is 1.97. The van der Waals surface area contributed by atoms with E-state index in [9.17, 15) is 0 Å². The van der Waals surface area contributed by atoms with Crippen LogP contribution in [-0.4, -0.2) is 6.54 Å². The van der Waals surface area contributed by atoms with Crippen molar-refractivity contribution in [1.82, 2.24) is 0 Å². The minimum atomic E-state index is 0.851. The summed E-state index contributed by atoms with van der Waals surface area (Å²) in [5.74, 6) is 0. The van der Waals surface area contributed by atoms with E-state index in [1.165, 1.54) is 16.8 Å². The van der Waals surface area contributed by atoms with Crippen molar-refractivity contribution in [3.8, 4) is 0 Å². The van der Waals surface area contributed by atoms with Gasteiger partial charge in [-0.2, -0.15) is 0 Å². The van der Waals surface area contributed by atoms with Crippen molar-refractivity contribution in [3.05, 3.63) is 41.5 Å². The number of hydrogen-bond acceptors (Lipinski definition) is 1. The van der Waals surface area contributed by atoms with Gasteiger partial charge in [-0.1, -0.05) is 24.3 Å². The molecule has 0 aliphatic carbocycles. The summed E-state index contributed by atoms with van der Waals surface area (Å²) in [6.45, 7) is 11.0. The second-order valence-corrected chi connectivity index (χ2v) is 3.63. The number of benzene rings is 1. The van der Waals surface area contributed by atoms with Crippen LogP contribution in [0.5, 0.6) is 0 Å². The predicted molar refractivity (Wildman–Crippen MR) is 59.2 cm³/mol. The molecule has 0 aliphatic heterocycles. The van der Waals surface area contributed by atoms with Crippen LogP contribution in [0, 0.1) is 13.8 Å². The van der Waals surface area contributed by atoms with E-state index in [-0.39, 0.29) is 0 Å². The fourth-order valence-electron chi connectivity index (χ4n) is 1.17. The van der Waals surface area contributed by atoms with Gasteiger partial charge in [0.1, 0.15) is 0 Å². The molecule has 13 heavy (non-hydrogen) atoms. The van der Waals surface area contributed by atoms with Crippen LogP contribution in [0.15, 0.2) is 30.4 Å². The van der Waals surface area contributed by atoms with Crippen molar-refractivity contribution in [2.75, 3.05) is 11.9 Å². The van der Waals surface area contributed by atoms with Gasteiger partial charge in [0.05, 0.1) is 0 Å². The van der Waals surface area contributed by atoms with Crippen molar-refractivity contribution in [3.63, 3.8) is 0 Å². The summed E-state index contributed by atoms with van der Waals surface area (Å²) in [6, 6.07) is 6.43. The number of rotatable bonds is 3. The van der Waals surface area contributed by atoms with E-state index in [4.69, 9.17) is 0 Å². The highest BCUT2D eigenvalue weighted by Crippen LogP contribution is 2.16. The molecular weight excluding hydrogens is 158 g/mol. The lowest BCUT2D eigenvalue weighted by Crippen LogP contribution is -2.03. The zero-order valence-corrected chi connectivity index (χ0v) is 8.65. The normalized spacial score (nSPS) is 9.77. The maximum absolute atomic E-state index is 3.86. The quantitative estimate of drug-likeness (QED) is 0.695. The first-order valence-corrected chi connectivity index (χ1v) is 4.55. The van der Waals surface area contributed by atoms with E-state index in [2.05, 4.69) is 43.9 Å². The number of hydrogen-bond donors (Lipinski definition) is 1. The number of nitrogens with one attached hydrogen (secondary N) is 1. The van der Waals surface area contributed by atoms with Gasteiger partial charge in [-0.25, -0.2) is 0 Å². The minimum absolute atomic E-state index is 0.851. The van der Waals surface area contributed by atoms with Crippen molar-refractivity contribution < 1.29 is 0 Å². The van der Waals surface area contributed by atoms with Gasteiger partial charge in [0.15, 0.2) is 0 Å². The first kappa shape index (κ1) is 9.85. The van der Waals surface area contributed by atoms with E-state index in [1.807, 2.05) is 6.92 Å². The van der Waals surface area contributed by atoms with Gasteiger partial charge in [-0.05, 0) is 38.0 Å². The summed E-state index contributed by atoms with van der Waals surface area (Å²) < 4.78 is 0. The van der Waals surface area contributed by atoms with Crippen LogP contribution in [0.25, 0.3) is 0 Å². The lowest BCUT2D eigenvalue weighted by molar-refractivity contribution is 1.20. The summed E-state index contributed by atoms with van der Waals surface area (Å²) in [5.41, 5.74) is 4.94. The van der Waals surface area contributed by atoms with Gasteiger partial charge < -0.3 is 5.32 Å². The van der Waals surface area contributed by atoms with Crippen LogP contribution < -0.4 is 5.32 Å². The van der Waals surface area contributed by atoms with Crippen LogP contribution in [-0.2, 0) is 0 Å². The highest BCUT2D eigenvalue weighted by atomic mass is 14.9. The van der Waals surface area contributed by atoms with Crippen molar-refractivity contribution >= 4 is 5.69 Å².